The number of piperidine rings is 1. The summed E-state index contributed by atoms with van der Waals surface area (Å²) in [5, 5.41) is 17.9. The third-order valence-electron chi connectivity index (χ3n) is 10.9. The molecule has 6 rings (SSSR count). The first-order valence-corrected chi connectivity index (χ1v) is 19.2. The molecule has 11 unspecified atom stereocenters. The highest BCUT2D eigenvalue weighted by Gasteiger charge is 2.51. The minimum Gasteiger partial charge on any atom is -0.481 e. The van der Waals surface area contributed by atoms with Crippen LogP contribution in [0.3, 0.4) is 0 Å². The Balaban J connectivity index is 1.11. The number of aliphatic carboxylic acids is 1. The van der Waals surface area contributed by atoms with Crippen molar-refractivity contribution in [2.45, 2.75) is 119 Å². The number of fused-ring (bicyclic) bond motifs is 2. The van der Waals surface area contributed by atoms with Gasteiger partial charge in [0.1, 0.15) is 5.82 Å². The zero-order valence-corrected chi connectivity index (χ0v) is 28.9. The van der Waals surface area contributed by atoms with Gasteiger partial charge in [-0.2, -0.15) is 11.8 Å². The van der Waals surface area contributed by atoms with Crippen LogP contribution in [0.4, 0.5) is 0 Å². The number of alkyl halides is 1. The molecule has 1 aromatic rings. The van der Waals surface area contributed by atoms with Crippen molar-refractivity contribution in [3.05, 3.63) is 27.4 Å². The summed E-state index contributed by atoms with van der Waals surface area (Å²) in [4.78, 5) is 33.1. The molecule has 3 N–H and O–H groups in total. The van der Waals surface area contributed by atoms with Crippen LogP contribution in [0, 0.1) is 24.7 Å². The Morgan fingerprint density at radius 1 is 1.14 bits per heavy atom. The summed E-state index contributed by atoms with van der Waals surface area (Å²) in [6.45, 7) is 8.28. The van der Waals surface area contributed by atoms with Crippen LogP contribution in [0.2, 0.25) is 0 Å². The van der Waals surface area contributed by atoms with E-state index in [1.165, 1.54) is 0 Å². The van der Waals surface area contributed by atoms with Gasteiger partial charge in [-0.3, -0.25) is 14.2 Å². The molecule has 0 bridgehead atoms. The first-order chi connectivity index (χ1) is 21.1. The number of carboxylic acids is 1. The quantitative estimate of drug-likeness (QED) is 0.340. The minimum atomic E-state index is -0.700. The van der Waals surface area contributed by atoms with Gasteiger partial charge in [-0.15, -0.1) is 23.4 Å². The second kappa shape index (κ2) is 14.1. The zero-order chi connectivity index (χ0) is 31.1. The highest BCUT2D eigenvalue weighted by atomic mass is 35.5. The number of halogens is 1. The number of rotatable bonds is 9. The molecule has 4 fully saturated rings. The molecular weight excluding hydrogens is 618 g/mol. The van der Waals surface area contributed by atoms with Crippen molar-refractivity contribution in [3.8, 4) is 0 Å². The Kier molecular flexibility index (Phi) is 10.6. The second-order valence-electron chi connectivity index (χ2n) is 14.0. The second-order valence-corrected chi connectivity index (χ2v) is 17.1. The summed E-state index contributed by atoms with van der Waals surface area (Å²) in [6.07, 6.45) is 6.42. The minimum absolute atomic E-state index is 0.00925. The molecule has 0 spiro atoms. The lowest BCUT2D eigenvalue weighted by atomic mass is 9.70. The highest BCUT2D eigenvalue weighted by molar-refractivity contribution is 8.00. The van der Waals surface area contributed by atoms with Crippen LogP contribution in [0.15, 0.2) is 4.79 Å². The van der Waals surface area contributed by atoms with Crippen molar-refractivity contribution >= 4 is 41.1 Å². The monoisotopic (exact) mass is 667 g/mol. The number of carbonyl (C=O) groups is 1. The SMILES string of the molecule is Cc1nc2c(c(=O)n1CCOC1CCC(Cl)CC1C1CC(C)NC3C(C(=O)O)CSC13)CC(N(C)CC1NC(C)CS1)CC2. The Hall–Kier alpha value is -0.820. The molecular formula is C32H50ClN5O4S2. The van der Waals surface area contributed by atoms with E-state index in [1.807, 2.05) is 35.0 Å². The van der Waals surface area contributed by atoms with E-state index < -0.39 is 5.97 Å². The number of nitrogens with zero attached hydrogens (tertiary/aromatic N) is 3. The number of thioether (sulfide) groups is 2. The Bertz CT molecular complexity index is 1250. The van der Waals surface area contributed by atoms with Gasteiger partial charge in [-0.25, -0.2) is 4.98 Å². The molecule has 4 heterocycles. The lowest BCUT2D eigenvalue weighted by Crippen LogP contribution is -2.57. The van der Waals surface area contributed by atoms with E-state index in [4.69, 9.17) is 21.3 Å². The van der Waals surface area contributed by atoms with E-state index in [0.717, 1.165) is 74.3 Å². The predicted molar refractivity (Wildman–Crippen MR) is 179 cm³/mol. The Morgan fingerprint density at radius 2 is 1.95 bits per heavy atom. The number of nitrogens with one attached hydrogen (secondary N) is 2. The predicted octanol–water partition coefficient (Wildman–Crippen LogP) is 3.37. The highest BCUT2D eigenvalue weighted by Crippen LogP contribution is 2.48. The van der Waals surface area contributed by atoms with Crippen molar-refractivity contribution in [1.82, 2.24) is 25.1 Å². The fourth-order valence-corrected chi connectivity index (χ4v) is 12.0. The van der Waals surface area contributed by atoms with Crippen LogP contribution in [-0.4, -0.2) is 104 Å². The molecule has 1 aromatic heterocycles. The molecule has 44 heavy (non-hydrogen) atoms. The summed E-state index contributed by atoms with van der Waals surface area (Å²) in [6, 6.07) is 1.16. The van der Waals surface area contributed by atoms with E-state index in [0.29, 0.717) is 42.3 Å². The molecule has 0 amide bonds. The normalized spacial score (nSPS) is 38.9. The number of ether oxygens (including phenoxy) is 1. The van der Waals surface area contributed by atoms with Gasteiger partial charge in [0.05, 0.1) is 36.2 Å². The zero-order valence-electron chi connectivity index (χ0n) is 26.5. The van der Waals surface area contributed by atoms with Crippen molar-refractivity contribution in [3.63, 3.8) is 0 Å². The van der Waals surface area contributed by atoms with Crippen LogP contribution in [-0.2, 0) is 28.9 Å². The summed E-state index contributed by atoms with van der Waals surface area (Å²) < 4.78 is 8.47. The van der Waals surface area contributed by atoms with Crippen molar-refractivity contribution < 1.29 is 14.6 Å². The third-order valence-corrected chi connectivity index (χ3v) is 14.2. The molecule has 1 saturated carbocycles. The standard InChI is InChI=1S/C32H50ClN5O4S2/c1-17-11-23(30-29(35-17)25(16-44-30)32(40)41)22-12-20(33)5-8-27(22)42-10-9-38-19(3)36-26-7-6-21(13-24(26)31(38)39)37(4)14-28-34-18(2)15-43-28/h17-18,20-23,25,27-30,34-35H,5-16H2,1-4H3,(H,40,41). The van der Waals surface area contributed by atoms with Crippen LogP contribution >= 0.6 is 35.1 Å². The number of carboxylic acid groups (broad SMARTS) is 1. The molecule has 3 saturated heterocycles. The summed E-state index contributed by atoms with van der Waals surface area (Å²) in [5.74, 6) is 2.17. The fourth-order valence-electron chi connectivity index (χ4n) is 8.55. The van der Waals surface area contributed by atoms with E-state index in [2.05, 4.69) is 36.4 Å². The maximum atomic E-state index is 13.8. The molecule has 9 nitrogen and oxygen atoms in total. The molecule has 11 atom stereocenters. The number of likely N-dealkylation sites (N-methyl/N-ethyl adjacent to an activating group) is 1. The van der Waals surface area contributed by atoms with Crippen LogP contribution in [0.5, 0.6) is 0 Å². The number of aromatic nitrogens is 2. The van der Waals surface area contributed by atoms with Gasteiger partial charge < -0.3 is 25.4 Å². The number of hydrogen-bond acceptors (Lipinski definition) is 9. The molecule has 246 valence electrons. The van der Waals surface area contributed by atoms with E-state index in [1.54, 1.807) is 0 Å². The van der Waals surface area contributed by atoms with E-state index in [9.17, 15) is 14.7 Å². The van der Waals surface area contributed by atoms with Gasteiger partial charge in [-0.1, -0.05) is 0 Å². The van der Waals surface area contributed by atoms with Crippen molar-refractivity contribution in [2.75, 3.05) is 31.7 Å². The molecule has 3 aliphatic heterocycles. The summed E-state index contributed by atoms with van der Waals surface area (Å²) >= 11 is 10.6. The van der Waals surface area contributed by atoms with Gasteiger partial charge >= 0.3 is 5.97 Å². The lowest BCUT2D eigenvalue weighted by molar-refractivity contribution is -0.142. The Morgan fingerprint density at radius 3 is 2.70 bits per heavy atom. The van der Waals surface area contributed by atoms with Gasteiger partial charge in [0.2, 0.25) is 0 Å². The average molecular weight is 668 g/mol. The van der Waals surface area contributed by atoms with Gasteiger partial charge in [0.15, 0.2) is 0 Å². The topological polar surface area (TPSA) is 109 Å². The Labute approximate surface area is 275 Å². The van der Waals surface area contributed by atoms with Gasteiger partial charge in [0.25, 0.3) is 5.56 Å². The number of aryl methyl sites for hydroxylation is 2. The summed E-state index contributed by atoms with van der Waals surface area (Å²) in [5.41, 5.74) is 1.94. The lowest BCUT2D eigenvalue weighted by Gasteiger charge is -2.47. The molecule has 0 radical (unpaired) electrons. The van der Waals surface area contributed by atoms with Gasteiger partial charge in [0, 0.05) is 58.4 Å². The van der Waals surface area contributed by atoms with Crippen LogP contribution in [0.25, 0.3) is 0 Å². The summed E-state index contributed by atoms with van der Waals surface area (Å²) in [7, 11) is 2.19. The molecule has 5 aliphatic rings. The number of hydrogen-bond donors (Lipinski definition) is 3. The maximum Gasteiger partial charge on any atom is 0.308 e. The van der Waals surface area contributed by atoms with E-state index in [-0.39, 0.29) is 46.2 Å². The fraction of sp³-hybridized carbons (Fsp3) is 0.844. The smallest absolute Gasteiger partial charge is 0.308 e. The first-order valence-electron chi connectivity index (χ1n) is 16.6. The molecule has 12 heteroatoms. The van der Waals surface area contributed by atoms with Crippen molar-refractivity contribution in [2.24, 2.45) is 17.8 Å². The average Bonchev–Trinajstić information content (AvgIpc) is 3.60. The largest absolute Gasteiger partial charge is 0.481 e. The molecule has 0 aromatic carbocycles. The molecule has 2 aliphatic carbocycles. The van der Waals surface area contributed by atoms with E-state index >= 15 is 0 Å². The van der Waals surface area contributed by atoms with Crippen molar-refractivity contribution in [1.29, 1.82) is 0 Å². The maximum absolute atomic E-state index is 13.8. The van der Waals surface area contributed by atoms with Crippen LogP contribution < -0.4 is 16.2 Å². The first kappa shape index (κ1) is 33.1. The third kappa shape index (κ3) is 7.04. The van der Waals surface area contributed by atoms with Gasteiger partial charge in [-0.05, 0) is 84.6 Å². The van der Waals surface area contributed by atoms with Crippen LogP contribution in [0.1, 0.15) is 63.0 Å².